The molecule has 102 valence electrons. The number of hydrogen-bond donors (Lipinski definition) is 0. The lowest BCUT2D eigenvalue weighted by molar-refractivity contribution is -0.480. The van der Waals surface area contributed by atoms with E-state index in [-0.39, 0.29) is 10.9 Å². The molecule has 1 heterocycles. The Balaban J connectivity index is 2.27. The maximum Gasteiger partial charge on any atom is 0.238 e. The van der Waals surface area contributed by atoms with Crippen molar-refractivity contribution in [1.29, 1.82) is 0 Å². The summed E-state index contributed by atoms with van der Waals surface area (Å²) in [7, 11) is 1.92. The van der Waals surface area contributed by atoms with Crippen LogP contribution in [0.1, 0.15) is 19.4 Å². The van der Waals surface area contributed by atoms with Crippen molar-refractivity contribution >= 4 is 46.1 Å². The second kappa shape index (κ2) is 5.31. The molecule has 0 aliphatic carbocycles. The molecule has 0 saturated carbocycles. The fraction of sp³-hybridized carbons (Fsp3) is 0.385. The van der Waals surface area contributed by atoms with Crippen molar-refractivity contribution < 1.29 is 4.74 Å². The molecule has 1 fully saturated rings. The van der Waals surface area contributed by atoms with Crippen LogP contribution < -0.4 is 0 Å². The van der Waals surface area contributed by atoms with Crippen molar-refractivity contribution in [2.75, 3.05) is 7.05 Å². The fourth-order valence-corrected chi connectivity index (χ4v) is 3.68. The molecule has 0 unspecified atom stereocenters. The summed E-state index contributed by atoms with van der Waals surface area (Å²) in [6, 6.07) is 7.18. The van der Waals surface area contributed by atoms with Crippen LogP contribution in [0.25, 0.3) is 0 Å². The van der Waals surface area contributed by atoms with E-state index in [0.717, 1.165) is 14.6 Å². The van der Waals surface area contributed by atoms with Gasteiger partial charge in [0.15, 0.2) is 6.21 Å². The van der Waals surface area contributed by atoms with Crippen molar-refractivity contribution in [3.05, 3.63) is 40.1 Å². The Kier molecular flexibility index (Phi) is 4.08. The maximum absolute atomic E-state index is 12.3. The Bertz CT molecular complexity index is 528. The van der Waals surface area contributed by atoms with Crippen LogP contribution in [0.2, 0.25) is 5.02 Å². The van der Waals surface area contributed by atoms with E-state index in [1.807, 2.05) is 37.9 Å². The summed E-state index contributed by atoms with van der Waals surface area (Å²) in [4.78, 5) is 1.97. The molecule has 0 N–H and O–H groups in total. The molecule has 0 amide bonds. The summed E-state index contributed by atoms with van der Waals surface area (Å²) in [6.07, 6.45) is 1.58. The van der Waals surface area contributed by atoms with Gasteiger partial charge >= 0.3 is 0 Å². The molecular formula is C13H15ClN2OS2. The third kappa shape index (κ3) is 2.88. The average molecular weight is 315 g/mol. The Morgan fingerprint density at radius 3 is 2.47 bits per heavy atom. The van der Waals surface area contributed by atoms with Gasteiger partial charge in [0.1, 0.15) is 9.86 Å². The zero-order valence-electron chi connectivity index (χ0n) is 11.0. The van der Waals surface area contributed by atoms with Crippen LogP contribution in [-0.4, -0.2) is 38.1 Å². The van der Waals surface area contributed by atoms with Crippen molar-refractivity contribution in [3.8, 4) is 0 Å². The van der Waals surface area contributed by atoms with Crippen LogP contribution in [-0.2, 0) is 0 Å². The monoisotopic (exact) mass is 314 g/mol. The highest BCUT2D eigenvalue weighted by Gasteiger charge is 2.48. The van der Waals surface area contributed by atoms with Gasteiger partial charge in [0.25, 0.3) is 0 Å². The Labute approximate surface area is 127 Å². The maximum atomic E-state index is 12.3. The van der Waals surface area contributed by atoms with Gasteiger partial charge in [-0.1, -0.05) is 23.8 Å². The van der Waals surface area contributed by atoms with Crippen molar-refractivity contribution in [2.24, 2.45) is 0 Å². The largest absolute Gasteiger partial charge is 0.623 e. The predicted octanol–water partition coefficient (Wildman–Crippen LogP) is 3.34. The van der Waals surface area contributed by atoms with Gasteiger partial charge < -0.3 is 10.1 Å². The first-order valence-corrected chi connectivity index (χ1v) is 7.49. The van der Waals surface area contributed by atoms with Gasteiger partial charge in [-0.2, -0.15) is 4.74 Å². The Morgan fingerprint density at radius 1 is 1.42 bits per heavy atom. The molecule has 1 aliphatic heterocycles. The van der Waals surface area contributed by atoms with Crippen LogP contribution >= 0.6 is 35.6 Å². The molecule has 19 heavy (non-hydrogen) atoms. The number of likely N-dealkylation sites (N-methyl/N-ethyl adjacent to an activating group) is 1. The lowest BCUT2D eigenvalue weighted by Gasteiger charge is -2.30. The number of thioether (sulfide) groups is 1. The predicted molar refractivity (Wildman–Crippen MR) is 86.1 cm³/mol. The smallest absolute Gasteiger partial charge is 0.238 e. The molecule has 2 rings (SSSR count). The summed E-state index contributed by atoms with van der Waals surface area (Å²) in [5, 5.41) is 12.7. The summed E-state index contributed by atoms with van der Waals surface area (Å²) in [5.41, 5.74) is 0.531. The number of hydroxylamine groups is 1. The molecule has 6 heteroatoms. The summed E-state index contributed by atoms with van der Waals surface area (Å²) in [5.74, 6) is 0. The molecular weight excluding hydrogens is 300 g/mol. The Hall–Kier alpha value is -0.780. The van der Waals surface area contributed by atoms with Crippen LogP contribution in [0, 0.1) is 5.21 Å². The average Bonchev–Trinajstić information content (AvgIpc) is 2.56. The van der Waals surface area contributed by atoms with E-state index < -0.39 is 0 Å². The third-order valence-corrected chi connectivity index (χ3v) is 5.63. The van der Waals surface area contributed by atoms with E-state index in [9.17, 15) is 5.21 Å². The minimum Gasteiger partial charge on any atom is -0.623 e. The second-order valence-corrected chi connectivity index (χ2v) is 7.14. The number of halogens is 1. The summed E-state index contributed by atoms with van der Waals surface area (Å²) in [6.45, 7) is 4.04. The third-order valence-electron chi connectivity index (χ3n) is 3.33. The van der Waals surface area contributed by atoms with E-state index >= 15 is 0 Å². The van der Waals surface area contributed by atoms with Gasteiger partial charge in [0.2, 0.25) is 5.37 Å². The lowest BCUT2D eigenvalue weighted by Crippen LogP contribution is -2.47. The number of thiocarbonyl (C=S) groups is 1. The Morgan fingerprint density at radius 2 is 2.00 bits per heavy atom. The molecule has 0 spiro atoms. The quantitative estimate of drug-likeness (QED) is 0.275. The molecule has 1 aromatic rings. The number of nitrogens with zero attached hydrogens (tertiary/aromatic N) is 2. The number of rotatable bonds is 2. The fourth-order valence-electron chi connectivity index (χ4n) is 1.85. The van der Waals surface area contributed by atoms with E-state index in [1.54, 1.807) is 18.3 Å². The second-order valence-electron chi connectivity index (χ2n) is 4.99. The zero-order valence-corrected chi connectivity index (χ0v) is 13.4. The van der Waals surface area contributed by atoms with E-state index in [2.05, 4.69) is 0 Å². The topological polar surface area (TPSA) is 29.3 Å². The molecule has 1 aliphatic rings. The minimum atomic E-state index is -0.299. The van der Waals surface area contributed by atoms with Crippen LogP contribution in [0.3, 0.4) is 0 Å². The zero-order chi connectivity index (χ0) is 14.2. The molecule has 3 nitrogen and oxygen atoms in total. The SMILES string of the molecule is CN1C(=S)S[C@@H](/[N+]([O-])=C\c2ccc(Cl)cc2)C1(C)C. The van der Waals surface area contributed by atoms with E-state index in [0.29, 0.717) is 5.02 Å². The first-order chi connectivity index (χ1) is 8.82. The highest BCUT2D eigenvalue weighted by Crippen LogP contribution is 2.38. The number of benzene rings is 1. The van der Waals surface area contributed by atoms with Gasteiger partial charge in [-0.15, -0.1) is 0 Å². The van der Waals surface area contributed by atoms with Crippen molar-refractivity contribution in [2.45, 2.75) is 24.8 Å². The first-order valence-electron chi connectivity index (χ1n) is 5.83. The summed E-state index contributed by atoms with van der Waals surface area (Å²) >= 11 is 12.5. The van der Waals surface area contributed by atoms with Gasteiger partial charge in [-0.05, 0) is 49.9 Å². The van der Waals surface area contributed by atoms with Gasteiger partial charge in [0.05, 0.1) is 0 Å². The van der Waals surface area contributed by atoms with Crippen LogP contribution in [0.15, 0.2) is 24.3 Å². The summed E-state index contributed by atoms with van der Waals surface area (Å²) < 4.78 is 1.73. The highest BCUT2D eigenvalue weighted by atomic mass is 35.5. The number of hydrogen-bond acceptors (Lipinski definition) is 3. The molecule has 1 atom stereocenters. The van der Waals surface area contributed by atoms with Gasteiger partial charge in [-0.25, -0.2) is 0 Å². The molecule has 0 bridgehead atoms. The van der Waals surface area contributed by atoms with Crippen LogP contribution in [0.5, 0.6) is 0 Å². The first kappa shape index (κ1) is 14.6. The van der Waals surface area contributed by atoms with E-state index in [1.165, 1.54) is 11.8 Å². The van der Waals surface area contributed by atoms with E-state index in [4.69, 9.17) is 23.8 Å². The molecule has 0 aromatic heterocycles. The van der Waals surface area contributed by atoms with Crippen molar-refractivity contribution in [3.63, 3.8) is 0 Å². The molecule has 1 saturated heterocycles. The highest BCUT2D eigenvalue weighted by molar-refractivity contribution is 8.23. The molecule has 1 aromatic carbocycles. The lowest BCUT2D eigenvalue weighted by atomic mass is 10.0. The standard InChI is InChI=1S/C13H15ClN2OS2/c1-13(2)11(19-12(18)15(13)3)16(17)8-9-4-6-10(14)7-5-9/h4-8,11H,1-3H3/b16-8+/t11-/m1/s1. The molecule has 0 radical (unpaired) electrons. The normalized spacial score (nSPS) is 22.9. The van der Waals surface area contributed by atoms with Gasteiger partial charge in [-0.3, -0.25) is 0 Å². The van der Waals surface area contributed by atoms with Crippen LogP contribution in [0.4, 0.5) is 0 Å². The van der Waals surface area contributed by atoms with Gasteiger partial charge in [0, 0.05) is 17.6 Å². The minimum absolute atomic E-state index is 0.249. The van der Waals surface area contributed by atoms with Crippen molar-refractivity contribution in [1.82, 2.24) is 4.90 Å².